The third-order valence-corrected chi connectivity index (χ3v) is 6.47. The zero-order valence-corrected chi connectivity index (χ0v) is 19.5. The highest BCUT2D eigenvalue weighted by Gasteiger charge is 2.28. The van der Waals surface area contributed by atoms with Crippen LogP contribution in [0.15, 0.2) is 84.9 Å². The van der Waals surface area contributed by atoms with Crippen molar-refractivity contribution in [3.8, 4) is 5.69 Å². The quantitative estimate of drug-likeness (QED) is 0.381. The number of nitrogens with zero attached hydrogens (tertiary/aromatic N) is 5. The molecule has 4 aromatic carbocycles. The molecule has 1 aliphatic heterocycles. The second kappa shape index (κ2) is 8.74. The van der Waals surface area contributed by atoms with Gasteiger partial charge in [-0.25, -0.2) is 0 Å². The Labute approximate surface area is 207 Å². The highest BCUT2D eigenvalue weighted by atomic mass is 16.2. The summed E-state index contributed by atoms with van der Waals surface area (Å²) >= 11 is 0. The number of tetrazole rings is 1. The first-order valence-corrected chi connectivity index (χ1v) is 11.7. The van der Waals surface area contributed by atoms with Gasteiger partial charge in [0.2, 0.25) is 11.8 Å². The van der Waals surface area contributed by atoms with Crippen LogP contribution in [0.5, 0.6) is 0 Å². The number of fused-ring (bicyclic) bond motifs is 3. The Balaban J connectivity index is 1.38. The molecule has 8 heteroatoms. The van der Waals surface area contributed by atoms with Gasteiger partial charge >= 0.3 is 0 Å². The molecule has 0 fully saturated rings. The van der Waals surface area contributed by atoms with E-state index in [1.165, 1.54) is 5.56 Å². The van der Waals surface area contributed by atoms with Crippen molar-refractivity contribution in [2.75, 3.05) is 10.2 Å². The first-order valence-electron chi connectivity index (χ1n) is 11.7. The van der Waals surface area contributed by atoms with E-state index >= 15 is 0 Å². The number of aromatic nitrogens is 4. The van der Waals surface area contributed by atoms with Crippen LogP contribution in [0.1, 0.15) is 23.4 Å². The zero-order valence-electron chi connectivity index (χ0n) is 19.5. The van der Waals surface area contributed by atoms with Gasteiger partial charge in [0.1, 0.15) is 6.42 Å². The number of carbonyl (C=O) groups excluding carboxylic acids is 2. The zero-order chi connectivity index (χ0) is 24.6. The van der Waals surface area contributed by atoms with Crippen LogP contribution >= 0.6 is 0 Å². The molecule has 1 aliphatic rings. The van der Waals surface area contributed by atoms with Crippen LogP contribution in [0.3, 0.4) is 0 Å². The van der Waals surface area contributed by atoms with Crippen molar-refractivity contribution < 1.29 is 9.59 Å². The van der Waals surface area contributed by atoms with Gasteiger partial charge in [-0.15, -0.1) is 5.10 Å². The van der Waals surface area contributed by atoms with Gasteiger partial charge in [0.25, 0.3) is 0 Å². The van der Waals surface area contributed by atoms with Crippen molar-refractivity contribution in [1.82, 2.24) is 20.2 Å². The molecule has 2 heterocycles. The average molecular weight is 475 g/mol. The predicted molar refractivity (Wildman–Crippen MR) is 137 cm³/mol. The Morgan fingerprint density at radius 2 is 1.61 bits per heavy atom. The van der Waals surface area contributed by atoms with Crippen LogP contribution in [-0.4, -0.2) is 32.0 Å². The smallest absolute Gasteiger partial charge is 0.241 e. The van der Waals surface area contributed by atoms with Gasteiger partial charge in [-0.3, -0.25) is 14.5 Å². The minimum absolute atomic E-state index is 0.238. The van der Waals surface area contributed by atoms with Gasteiger partial charge in [0, 0.05) is 17.5 Å². The van der Waals surface area contributed by atoms with E-state index in [1.54, 1.807) is 9.58 Å². The Morgan fingerprint density at radius 1 is 0.861 bits per heavy atom. The Kier molecular flexibility index (Phi) is 5.26. The van der Waals surface area contributed by atoms with Crippen molar-refractivity contribution in [3.63, 3.8) is 0 Å². The van der Waals surface area contributed by atoms with Crippen LogP contribution in [0, 0.1) is 6.92 Å². The van der Waals surface area contributed by atoms with Gasteiger partial charge < -0.3 is 5.32 Å². The first kappa shape index (κ1) is 21.7. The summed E-state index contributed by atoms with van der Waals surface area (Å²) in [6.07, 6.45) is 0.360. The summed E-state index contributed by atoms with van der Waals surface area (Å²) < 4.78 is 1.70. The fourth-order valence-electron chi connectivity index (χ4n) is 4.63. The van der Waals surface area contributed by atoms with E-state index in [-0.39, 0.29) is 18.2 Å². The fourth-order valence-corrected chi connectivity index (χ4v) is 4.63. The molecule has 0 atom stereocenters. The van der Waals surface area contributed by atoms with Crippen LogP contribution in [0.25, 0.3) is 16.5 Å². The van der Waals surface area contributed by atoms with Gasteiger partial charge in [0.05, 0.1) is 17.1 Å². The van der Waals surface area contributed by atoms with Crippen LogP contribution in [0.2, 0.25) is 0 Å². The molecule has 0 aliphatic carbocycles. The molecule has 0 spiro atoms. The van der Waals surface area contributed by atoms with Gasteiger partial charge in [-0.05, 0) is 64.2 Å². The van der Waals surface area contributed by atoms with Gasteiger partial charge in [-0.2, -0.15) is 4.68 Å². The number of nitrogens with one attached hydrogen (secondary N) is 1. The van der Waals surface area contributed by atoms with Gasteiger partial charge in [0.15, 0.2) is 5.82 Å². The van der Waals surface area contributed by atoms with E-state index < -0.39 is 0 Å². The van der Waals surface area contributed by atoms with Crippen molar-refractivity contribution in [3.05, 3.63) is 102 Å². The molecule has 0 saturated carbocycles. The number of aryl methyl sites for hydroxylation is 1. The molecule has 5 aromatic rings. The minimum atomic E-state index is -0.328. The lowest BCUT2D eigenvalue weighted by Crippen LogP contribution is -2.26. The third kappa shape index (κ3) is 3.78. The van der Waals surface area contributed by atoms with Crippen molar-refractivity contribution in [1.29, 1.82) is 0 Å². The topological polar surface area (TPSA) is 93.0 Å². The number of hydrogen-bond donors (Lipinski definition) is 1. The standard InChI is InChI=1S/C28H22N6O2/c1-18-6-2-3-8-20(18)16-25-30-31-32-34(25)22-13-11-21(12-14-22)33-24-15-10-19-7-4-5-9-23(19)28(24)29-26(35)17-27(33)36/h2-15H,16-17H2,1H3,(H,29,35). The number of hydrogen-bond acceptors (Lipinski definition) is 5. The molecule has 8 nitrogen and oxygen atoms in total. The monoisotopic (exact) mass is 474 g/mol. The van der Waals surface area contributed by atoms with Crippen LogP contribution < -0.4 is 10.2 Å². The number of anilines is 3. The largest absolute Gasteiger partial charge is 0.323 e. The van der Waals surface area contributed by atoms with Crippen molar-refractivity contribution in [2.45, 2.75) is 19.8 Å². The van der Waals surface area contributed by atoms with E-state index in [2.05, 4.69) is 39.9 Å². The highest BCUT2D eigenvalue weighted by molar-refractivity contribution is 6.21. The maximum Gasteiger partial charge on any atom is 0.241 e. The average Bonchev–Trinajstić information content (AvgIpc) is 3.30. The molecule has 0 radical (unpaired) electrons. The number of benzene rings is 4. The summed E-state index contributed by atoms with van der Waals surface area (Å²) in [6, 6.07) is 27.2. The Hall–Kier alpha value is -4.85. The van der Waals surface area contributed by atoms with E-state index in [1.807, 2.05) is 72.8 Å². The summed E-state index contributed by atoms with van der Waals surface area (Å²) in [5.41, 5.74) is 5.04. The molecule has 1 aromatic heterocycles. The van der Waals surface area contributed by atoms with E-state index in [0.717, 1.165) is 27.8 Å². The molecule has 36 heavy (non-hydrogen) atoms. The lowest BCUT2D eigenvalue weighted by Gasteiger charge is -2.23. The normalized spacial score (nSPS) is 13.4. The Morgan fingerprint density at radius 3 is 2.44 bits per heavy atom. The number of rotatable bonds is 4. The highest BCUT2D eigenvalue weighted by Crippen LogP contribution is 2.40. The molecular formula is C28H22N6O2. The van der Waals surface area contributed by atoms with Gasteiger partial charge in [-0.1, -0.05) is 54.6 Å². The fraction of sp³-hybridized carbons (Fsp3) is 0.107. The SMILES string of the molecule is Cc1ccccc1Cc1nnnn1-c1ccc(N2C(=O)CC(=O)Nc3c2ccc2ccccc32)cc1. The maximum absolute atomic E-state index is 13.2. The summed E-state index contributed by atoms with van der Waals surface area (Å²) in [5, 5.41) is 17.1. The van der Waals surface area contributed by atoms with Crippen LogP contribution in [-0.2, 0) is 16.0 Å². The second-order valence-corrected chi connectivity index (χ2v) is 8.76. The lowest BCUT2D eigenvalue weighted by molar-refractivity contribution is -0.124. The summed E-state index contributed by atoms with van der Waals surface area (Å²) in [7, 11) is 0. The molecular weight excluding hydrogens is 452 g/mol. The Bertz CT molecular complexity index is 1620. The summed E-state index contributed by atoms with van der Waals surface area (Å²) in [6.45, 7) is 2.07. The molecule has 0 unspecified atom stereocenters. The molecule has 176 valence electrons. The van der Waals surface area contributed by atoms with Crippen LogP contribution in [0.4, 0.5) is 17.1 Å². The molecule has 0 bridgehead atoms. The molecule has 6 rings (SSSR count). The van der Waals surface area contributed by atoms with Crippen molar-refractivity contribution in [2.24, 2.45) is 0 Å². The minimum Gasteiger partial charge on any atom is -0.323 e. The van der Waals surface area contributed by atoms with E-state index in [9.17, 15) is 9.59 Å². The molecule has 0 saturated heterocycles. The second-order valence-electron chi connectivity index (χ2n) is 8.76. The maximum atomic E-state index is 13.2. The summed E-state index contributed by atoms with van der Waals surface area (Å²) in [5.74, 6) is 0.0951. The molecule has 2 amide bonds. The first-order chi connectivity index (χ1) is 17.6. The predicted octanol–water partition coefficient (Wildman–Crippen LogP) is 4.72. The van der Waals surface area contributed by atoms with E-state index in [0.29, 0.717) is 23.5 Å². The van der Waals surface area contributed by atoms with Crippen molar-refractivity contribution >= 4 is 39.6 Å². The third-order valence-electron chi connectivity index (χ3n) is 6.47. The van der Waals surface area contributed by atoms with E-state index in [4.69, 9.17) is 0 Å². The summed E-state index contributed by atoms with van der Waals surface area (Å²) in [4.78, 5) is 27.3. The molecule has 1 N–H and O–H groups in total. The number of amides is 2. The lowest BCUT2D eigenvalue weighted by atomic mass is 10.1. The number of carbonyl (C=O) groups is 2.